The van der Waals surface area contributed by atoms with Crippen LogP contribution in [0, 0.1) is 0 Å². The maximum absolute atomic E-state index is 10.9. The SMILES string of the molecule is O=C(O)c1ccc2nc(C3CCCCS3)sc2c1. The van der Waals surface area contributed by atoms with E-state index in [1.54, 1.807) is 23.5 Å². The minimum Gasteiger partial charge on any atom is -0.478 e. The van der Waals surface area contributed by atoms with Crippen molar-refractivity contribution in [1.82, 2.24) is 4.98 Å². The fourth-order valence-electron chi connectivity index (χ4n) is 2.15. The summed E-state index contributed by atoms with van der Waals surface area (Å²) in [4.78, 5) is 15.6. The molecule has 0 amide bonds. The maximum Gasteiger partial charge on any atom is 0.335 e. The number of carboxylic acids is 1. The van der Waals surface area contributed by atoms with Crippen molar-refractivity contribution in [2.24, 2.45) is 0 Å². The van der Waals surface area contributed by atoms with E-state index in [-0.39, 0.29) is 0 Å². The molecule has 18 heavy (non-hydrogen) atoms. The second kappa shape index (κ2) is 4.90. The van der Waals surface area contributed by atoms with Gasteiger partial charge in [0.2, 0.25) is 0 Å². The van der Waals surface area contributed by atoms with Gasteiger partial charge in [0.15, 0.2) is 0 Å². The first-order valence-corrected chi connectivity index (χ1v) is 7.86. The van der Waals surface area contributed by atoms with Gasteiger partial charge in [0.1, 0.15) is 5.01 Å². The molecule has 94 valence electrons. The van der Waals surface area contributed by atoms with Crippen LogP contribution in [0.2, 0.25) is 0 Å². The van der Waals surface area contributed by atoms with Crippen LogP contribution < -0.4 is 0 Å². The molecule has 3 rings (SSSR count). The first-order chi connectivity index (χ1) is 8.74. The van der Waals surface area contributed by atoms with Crippen LogP contribution in [0.1, 0.15) is 39.9 Å². The number of carboxylic acid groups (broad SMARTS) is 1. The van der Waals surface area contributed by atoms with Gasteiger partial charge in [0, 0.05) is 0 Å². The number of hydrogen-bond acceptors (Lipinski definition) is 4. The topological polar surface area (TPSA) is 50.2 Å². The Hall–Kier alpha value is -1.07. The van der Waals surface area contributed by atoms with Crippen LogP contribution in [0.5, 0.6) is 0 Å². The smallest absolute Gasteiger partial charge is 0.335 e. The van der Waals surface area contributed by atoms with Gasteiger partial charge in [0.05, 0.1) is 21.0 Å². The summed E-state index contributed by atoms with van der Waals surface area (Å²) in [7, 11) is 0. The minimum absolute atomic E-state index is 0.342. The maximum atomic E-state index is 10.9. The largest absolute Gasteiger partial charge is 0.478 e. The number of thioether (sulfide) groups is 1. The Labute approximate surface area is 113 Å². The van der Waals surface area contributed by atoms with E-state index in [1.807, 2.05) is 17.8 Å². The molecule has 0 saturated carbocycles. The molecule has 1 aromatic carbocycles. The summed E-state index contributed by atoms with van der Waals surface area (Å²) in [6.45, 7) is 0. The van der Waals surface area contributed by atoms with E-state index in [9.17, 15) is 4.79 Å². The summed E-state index contributed by atoms with van der Waals surface area (Å²) in [5.74, 6) is 0.333. The molecule has 0 bridgehead atoms. The van der Waals surface area contributed by atoms with Crippen LogP contribution in [0.4, 0.5) is 0 Å². The van der Waals surface area contributed by atoms with Gasteiger partial charge >= 0.3 is 5.97 Å². The van der Waals surface area contributed by atoms with Crippen LogP contribution in [-0.2, 0) is 0 Å². The Morgan fingerprint density at radius 2 is 2.28 bits per heavy atom. The predicted octanol–water partition coefficient (Wildman–Crippen LogP) is 3.95. The number of benzene rings is 1. The molecule has 3 nitrogen and oxygen atoms in total. The fourth-order valence-corrected chi connectivity index (χ4v) is 4.70. The Balaban J connectivity index is 1.97. The molecule has 1 unspecified atom stereocenters. The molecule has 1 aliphatic rings. The monoisotopic (exact) mass is 279 g/mol. The highest BCUT2D eigenvalue weighted by Crippen LogP contribution is 2.41. The van der Waals surface area contributed by atoms with Gasteiger partial charge in [-0.05, 0) is 36.8 Å². The predicted molar refractivity (Wildman–Crippen MR) is 75.6 cm³/mol. The molecule has 1 atom stereocenters. The Morgan fingerprint density at radius 1 is 1.39 bits per heavy atom. The van der Waals surface area contributed by atoms with E-state index in [1.165, 1.54) is 25.0 Å². The van der Waals surface area contributed by atoms with Crippen LogP contribution in [0.15, 0.2) is 18.2 Å². The highest BCUT2D eigenvalue weighted by atomic mass is 32.2. The molecule has 1 aromatic heterocycles. The molecular weight excluding hydrogens is 266 g/mol. The quantitative estimate of drug-likeness (QED) is 0.904. The first kappa shape index (κ1) is 12.0. The van der Waals surface area contributed by atoms with Crippen molar-refractivity contribution in [3.05, 3.63) is 28.8 Å². The van der Waals surface area contributed by atoms with Crippen molar-refractivity contribution in [2.75, 3.05) is 5.75 Å². The molecular formula is C13H13NO2S2. The van der Waals surface area contributed by atoms with Crippen LogP contribution >= 0.6 is 23.1 Å². The van der Waals surface area contributed by atoms with Crippen molar-refractivity contribution in [3.8, 4) is 0 Å². The first-order valence-electron chi connectivity index (χ1n) is 5.99. The average Bonchev–Trinajstić information content (AvgIpc) is 2.82. The third-order valence-electron chi connectivity index (χ3n) is 3.11. The number of rotatable bonds is 2. The molecule has 0 aliphatic carbocycles. The van der Waals surface area contributed by atoms with Gasteiger partial charge in [-0.2, -0.15) is 11.8 Å². The van der Waals surface area contributed by atoms with Crippen LogP contribution in [-0.4, -0.2) is 21.8 Å². The Bertz CT molecular complexity index is 588. The fraction of sp³-hybridized carbons (Fsp3) is 0.385. The molecule has 5 heteroatoms. The zero-order valence-corrected chi connectivity index (χ0v) is 11.4. The Kier molecular flexibility index (Phi) is 3.26. The number of carbonyl (C=O) groups is 1. The van der Waals surface area contributed by atoms with E-state index >= 15 is 0 Å². The van der Waals surface area contributed by atoms with E-state index < -0.39 is 5.97 Å². The second-order valence-corrected chi connectivity index (χ2v) is 6.77. The van der Waals surface area contributed by atoms with E-state index in [2.05, 4.69) is 4.98 Å². The lowest BCUT2D eigenvalue weighted by molar-refractivity contribution is 0.0697. The number of aromatic nitrogens is 1. The van der Waals surface area contributed by atoms with Crippen molar-refractivity contribution in [3.63, 3.8) is 0 Å². The summed E-state index contributed by atoms with van der Waals surface area (Å²) in [5.41, 5.74) is 1.26. The second-order valence-electron chi connectivity index (χ2n) is 4.39. The van der Waals surface area contributed by atoms with E-state index in [0.29, 0.717) is 10.8 Å². The molecule has 1 N–H and O–H groups in total. The molecule has 0 radical (unpaired) electrons. The van der Waals surface area contributed by atoms with Gasteiger partial charge in [-0.25, -0.2) is 9.78 Å². The minimum atomic E-state index is -0.876. The number of aromatic carboxylic acids is 1. The number of thiazole rings is 1. The highest BCUT2D eigenvalue weighted by Gasteiger charge is 2.20. The van der Waals surface area contributed by atoms with Gasteiger partial charge in [0.25, 0.3) is 0 Å². The summed E-state index contributed by atoms with van der Waals surface area (Å²) < 4.78 is 0.982. The third kappa shape index (κ3) is 2.24. The third-order valence-corrected chi connectivity index (χ3v) is 5.77. The summed E-state index contributed by atoms with van der Waals surface area (Å²) >= 11 is 3.61. The normalized spacial score (nSPS) is 20.1. The van der Waals surface area contributed by atoms with Crippen LogP contribution in [0.3, 0.4) is 0 Å². The lowest BCUT2D eigenvalue weighted by atomic mass is 10.2. The van der Waals surface area contributed by atoms with Gasteiger partial charge in [-0.3, -0.25) is 0 Å². The lowest BCUT2D eigenvalue weighted by Gasteiger charge is -2.18. The molecule has 0 spiro atoms. The summed E-state index contributed by atoms with van der Waals surface area (Å²) in [6, 6.07) is 5.17. The Morgan fingerprint density at radius 3 is 3.00 bits per heavy atom. The van der Waals surface area contributed by atoms with Gasteiger partial charge in [-0.15, -0.1) is 11.3 Å². The standard InChI is InChI=1S/C13H13NO2S2/c15-13(16)8-4-5-9-11(7-8)18-12(14-9)10-3-1-2-6-17-10/h4-5,7,10H,1-3,6H2,(H,15,16). The van der Waals surface area contributed by atoms with Gasteiger partial charge in [-0.1, -0.05) is 6.42 Å². The molecule has 1 aliphatic heterocycles. The number of nitrogens with zero attached hydrogens (tertiary/aromatic N) is 1. The zero-order chi connectivity index (χ0) is 12.5. The molecule has 2 aromatic rings. The summed E-state index contributed by atoms with van der Waals surface area (Å²) in [5, 5.41) is 10.6. The lowest BCUT2D eigenvalue weighted by Crippen LogP contribution is -2.01. The van der Waals surface area contributed by atoms with E-state index in [0.717, 1.165) is 15.2 Å². The van der Waals surface area contributed by atoms with E-state index in [4.69, 9.17) is 5.11 Å². The van der Waals surface area contributed by atoms with Crippen LogP contribution in [0.25, 0.3) is 10.2 Å². The highest BCUT2D eigenvalue weighted by molar-refractivity contribution is 7.99. The van der Waals surface area contributed by atoms with Crippen molar-refractivity contribution in [2.45, 2.75) is 24.5 Å². The zero-order valence-electron chi connectivity index (χ0n) is 9.76. The number of fused-ring (bicyclic) bond motifs is 1. The number of hydrogen-bond donors (Lipinski definition) is 1. The summed E-state index contributed by atoms with van der Waals surface area (Å²) in [6.07, 6.45) is 3.76. The van der Waals surface area contributed by atoms with Crippen molar-refractivity contribution in [1.29, 1.82) is 0 Å². The molecule has 1 saturated heterocycles. The van der Waals surface area contributed by atoms with Gasteiger partial charge < -0.3 is 5.11 Å². The molecule has 2 heterocycles. The van der Waals surface area contributed by atoms with Crippen molar-refractivity contribution >= 4 is 39.3 Å². The van der Waals surface area contributed by atoms with Crippen molar-refractivity contribution < 1.29 is 9.90 Å². The average molecular weight is 279 g/mol. The molecule has 1 fully saturated rings.